The Balaban J connectivity index is 3.76. The number of aliphatic carboxylic acids is 1. The molecule has 0 aliphatic carbocycles. The minimum Gasteiger partial charge on any atom is -0.508 e. The van der Waals surface area contributed by atoms with Crippen LogP contribution in [-0.4, -0.2) is 233 Å². The lowest BCUT2D eigenvalue weighted by Crippen LogP contribution is -2.62. The number of benzene rings is 1. The molecule has 1 aromatic rings. The van der Waals surface area contributed by atoms with Crippen LogP contribution in [-0.2, 0) is 78.3 Å². The van der Waals surface area contributed by atoms with Gasteiger partial charge in [-0.2, -0.15) is 0 Å². The molecule has 0 aliphatic rings. The van der Waals surface area contributed by atoms with Crippen LogP contribution in [0.2, 0.25) is 0 Å². The Morgan fingerprint density at radius 2 is 0.880 bits per heavy atom. The predicted molar refractivity (Wildman–Crippen MR) is 356 cm³/mol. The molecule has 0 heterocycles. The van der Waals surface area contributed by atoms with E-state index in [2.05, 4.69) is 68.1 Å². The molecular formula is C58H97N23O19. The lowest BCUT2D eigenvalue weighted by atomic mass is 10.0. The highest BCUT2D eigenvalue weighted by atomic mass is 16.4. The van der Waals surface area contributed by atoms with Crippen molar-refractivity contribution in [2.24, 2.45) is 66.6 Å². The molecule has 0 saturated heterocycles. The van der Waals surface area contributed by atoms with Gasteiger partial charge in [0, 0.05) is 45.8 Å². The lowest BCUT2D eigenvalue weighted by molar-refractivity contribution is -0.142. The second kappa shape index (κ2) is 47.0. The van der Waals surface area contributed by atoms with E-state index in [1.165, 1.54) is 24.3 Å². The molecule has 0 fully saturated rings. The minimum absolute atomic E-state index is 0.0327. The number of aliphatic hydroxyl groups is 2. The maximum Gasteiger partial charge on any atom is 0.305 e. The number of nitrogens with one attached hydrogen (secondary N) is 11. The number of guanidine groups is 2. The number of phenols is 1. The average molecular weight is 1420 g/mol. The molecule has 100 heavy (non-hydrogen) atoms. The van der Waals surface area contributed by atoms with Crippen LogP contribution in [0.1, 0.15) is 109 Å². The highest BCUT2D eigenvalue weighted by molar-refractivity contribution is 6.00. The smallest absolute Gasteiger partial charge is 0.305 e. The summed E-state index contributed by atoms with van der Waals surface area (Å²) in [5.41, 5.74) is 49.5. The third-order valence-corrected chi connectivity index (χ3v) is 14.3. The van der Waals surface area contributed by atoms with Crippen LogP contribution in [0.5, 0.6) is 5.75 Å². The SMILES string of the molecule is CC(=O)NCC(=O)N[C@@H](CCCN=C(N)N)C(=O)N[C@@H](CO)C(=O)N[C@@H](CC(=O)O)C(=O)N[C@H](C(=O)N[C@@H](CCCN=C(N)N)C(=O)N[C@@H](CCC(N)=O)C(=O)N[C@@H](CCC(N)=O)C(=O)N[C@@H](Cc1ccc(O)cc1)C(=O)N[C@@H](CCCN=CN)C(=O)N[C@@H](CCCCN)C(N)=O)[C@@H](C)O. The van der Waals surface area contributed by atoms with Crippen molar-refractivity contribution >= 4 is 107 Å². The number of unbranched alkanes of at least 4 members (excludes halogenated alkanes) is 1. The topological polar surface area (TPSA) is 741 Å². The van der Waals surface area contributed by atoms with Crippen LogP contribution >= 0.6 is 0 Å². The summed E-state index contributed by atoms with van der Waals surface area (Å²) in [7, 11) is 0. The molecule has 42 nitrogen and oxygen atoms in total. The standard InChI is InChI=1S/C58H97N23O19/c1-29(83)46(81-54(98)40(25-45(89)90)79-55(99)41(27-82)80-48(92)34(10-6-22-69-57(64)65)72-44(88)26-71-30(2)84)56(100)77-36(11-7-23-70-58(66)67)50(94)75-37(16-18-42(61)86)51(95)76-38(17-19-43(62)87)52(96)78-39(24-31-12-14-32(85)15-13-31)53(97)74-35(9-5-21-68-28-60)49(93)73-33(47(63)91)8-3-4-20-59/h12-15,28-29,33-41,46,82-83,85H,3-11,16-27,59H2,1-2H3,(H2,60,68)(H2,61,86)(H2,62,87)(H2,63,91)(H,71,84)(H,72,88)(H,73,93)(H,74,97)(H,75,94)(H,76,95)(H,77,100)(H,78,96)(H,79,99)(H,80,92)(H,81,98)(H,89,90)(H4,64,65,69)(H4,66,67,70)/t29-,33+,34+,35+,36+,37+,38+,39+,40+,41+,46+/m1/s1. The van der Waals surface area contributed by atoms with Gasteiger partial charge in [-0.25, -0.2) is 0 Å². The van der Waals surface area contributed by atoms with E-state index in [1.54, 1.807) is 0 Å². The second-order valence-electron chi connectivity index (χ2n) is 22.7. The number of carboxylic acid groups (broad SMARTS) is 1. The van der Waals surface area contributed by atoms with Crippen molar-refractivity contribution in [2.45, 2.75) is 177 Å². The van der Waals surface area contributed by atoms with E-state index in [-0.39, 0.29) is 82.8 Å². The van der Waals surface area contributed by atoms with Crippen LogP contribution in [0.3, 0.4) is 0 Å². The summed E-state index contributed by atoms with van der Waals surface area (Å²) in [4.78, 5) is 211. The maximum atomic E-state index is 14.5. The van der Waals surface area contributed by atoms with Gasteiger partial charge in [0.2, 0.25) is 82.7 Å². The Bertz CT molecular complexity index is 3040. The van der Waals surface area contributed by atoms with Crippen molar-refractivity contribution in [2.75, 3.05) is 39.3 Å². The Morgan fingerprint density at radius 3 is 1.30 bits per heavy atom. The molecule has 42 heteroatoms. The Kier molecular flexibility index (Phi) is 40.9. The number of nitrogens with zero attached hydrogens (tertiary/aromatic N) is 3. The van der Waals surface area contributed by atoms with Crippen molar-refractivity contribution in [3.63, 3.8) is 0 Å². The summed E-state index contributed by atoms with van der Waals surface area (Å²) in [5.74, 6) is -17.7. The molecule has 0 aromatic heterocycles. The monoisotopic (exact) mass is 1420 g/mol. The zero-order chi connectivity index (χ0) is 75.6. The van der Waals surface area contributed by atoms with Gasteiger partial charge in [-0.15, -0.1) is 0 Å². The molecular weight excluding hydrogens is 1320 g/mol. The number of aromatic hydroxyl groups is 1. The molecule has 0 radical (unpaired) electrons. The van der Waals surface area contributed by atoms with E-state index in [9.17, 15) is 92.3 Å². The second-order valence-corrected chi connectivity index (χ2v) is 22.7. The van der Waals surface area contributed by atoms with Crippen LogP contribution in [0.15, 0.2) is 39.2 Å². The number of rotatable bonds is 50. The number of phenolic OH excluding ortho intramolecular Hbond substituents is 1. The minimum atomic E-state index is -2.15. The van der Waals surface area contributed by atoms with E-state index in [1.807, 2.05) is 5.32 Å². The quantitative estimate of drug-likeness (QED) is 0.0164. The number of carboxylic acids is 1. The molecule has 0 bridgehead atoms. The highest BCUT2D eigenvalue weighted by Crippen LogP contribution is 2.14. The van der Waals surface area contributed by atoms with Gasteiger partial charge < -0.3 is 131 Å². The molecule has 0 aliphatic heterocycles. The lowest BCUT2D eigenvalue weighted by Gasteiger charge is -2.29. The number of nitrogens with two attached hydrogens (primary N) is 9. The van der Waals surface area contributed by atoms with E-state index >= 15 is 0 Å². The first-order valence-corrected chi connectivity index (χ1v) is 31.6. The maximum absolute atomic E-state index is 14.5. The van der Waals surface area contributed by atoms with Crippen molar-refractivity contribution in [3.8, 4) is 5.75 Å². The molecule has 0 spiro atoms. The number of aliphatic imine (C=N–C) groups is 3. The largest absolute Gasteiger partial charge is 0.508 e. The van der Waals surface area contributed by atoms with Crippen LogP contribution in [0.25, 0.3) is 0 Å². The number of amides is 14. The van der Waals surface area contributed by atoms with Crippen molar-refractivity contribution < 1.29 is 92.3 Å². The van der Waals surface area contributed by atoms with Crippen LogP contribution in [0, 0.1) is 0 Å². The summed E-state index contributed by atoms with van der Waals surface area (Å²) in [6.07, 6.45) is -4.54. The fraction of sp³-hybridized carbons (Fsp3) is 0.586. The first-order chi connectivity index (χ1) is 47.1. The van der Waals surface area contributed by atoms with Crippen molar-refractivity contribution in [1.82, 2.24) is 58.5 Å². The molecule has 33 N–H and O–H groups in total. The summed E-state index contributed by atoms with van der Waals surface area (Å²) in [6, 6.07) is -12.1. The van der Waals surface area contributed by atoms with E-state index in [4.69, 9.17) is 51.6 Å². The van der Waals surface area contributed by atoms with Gasteiger partial charge in [-0.1, -0.05) is 12.1 Å². The summed E-state index contributed by atoms with van der Waals surface area (Å²) < 4.78 is 0. The fourth-order valence-electron chi connectivity index (χ4n) is 9.10. The molecule has 0 unspecified atom stereocenters. The number of carbonyl (C=O) groups excluding carboxylic acids is 14. The number of carbonyl (C=O) groups is 15. The molecule has 558 valence electrons. The third kappa shape index (κ3) is 36.3. The normalized spacial score (nSPS) is 14.2. The van der Waals surface area contributed by atoms with E-state index in [0.717, 1.165) is 20.2 Å². The zero-order valence-corrected chi connectivity index (χ0v) is 55.5. The van der Waals surface area contributed by atoms with Gasteiger partial charge in [-0.05, 0) is 102 Å². The van der Waals surface area contributed by atoms with Crippen molar-refractivity contribution in [1.29, 1.82) is 0 Å². The van der Waals surface area contributed by atoms with Gasteiger partial charge >= 0.3 is 5.97 Å². The Labute approximate surface area is 574 Å². The predicted octanol–water partition coefficient (Wildman–Crippen LogP) is -11.2. The first kappa shape index (κ1) is 87.0. The molecule has 1 aromatic carbocycles. The van der Waals surface area contributed by atoms with E-state index in [0.29, 0.717) is 18.4 Å². The third-order valence-electron chi connectivity index (χ3n) is 14.3. The Hall–Kier alpha value is -11.0. The Morgan fingerprint density at radius 1 is 0.490 bits per heavy atom. The van der Waals surface area contributed by atoms with Gasteiger partial charge in [0.1, 0.15) is 66.2 Å². The highest BCUT2D eigenvalue weighted by Gasteiger charge is 2.38. The molecule has 14 amide bonds. The number of aliphatic hydroxyl groups excluding tert-OH is 2. The van der Waals surface area contributed by atoms with Crippen molar-refractivity contribution in [3.05, 3.63) is 29.8 Å². The average Bonchev–Trinajstić information content (AvgIpc) is 0.856. The van der Waals surface area contributed by atoms with E-state index < -0.39 is 213 Å². The molecule has 0 saturated carbocycles. The first-order valence-electron chi connectivity index (χ1n) is 31.6. The summed E-state index contributed by atoms with van der Waals surface area (Å²) in [6.45, 7) is 0.475. The summed E-state index contributed by atoms with van der Waals surface area (Å²) in [5, 5.41) is 66.4. The number of primary amides is 3. The van der Waals surface area contributed by atoms with Crippen LogP contribution < -0.4 is 110 Å². The number of hydrogen-bond donors (Lipinski definition) is 24. The summed E-state index contributed by atoms with van der Waals surface area (Å²) >= 11 is 0. The zero-order valence-electron chi connectivity index (χ0n) is 55.5. The molecule has 11 atom stereocenters. The van der Waals surface area contributed by atoms with Gasteiger partial charge in [-0.3, -0.25) is 86.9 Å². The number of hydrogen-bond acceptors (Lipinski definition) is 22. The fourth-order valence-corrected chi connectivity index (χ4v) is 9.10. The van der Waals surface area contributed by atoms with Crippen LogP contribution in [0.4, 0.5) is 0 Å². The van der Waals surface area contributed by atoms with Gasteiger partial charge in [0.05, 0.1) is 32.0 Å². The van der Waals surface area contributed by atoms with Gasteiger partial charge in [0.25, 0.3) is 0 Å². The van der Waals surface area contributed by atoms with Gasteiger partial charge in [0.15, 0.2) is 11.9 Å². The molecule has 1 rings (SSSR count).